The first kappa shape index (κ1) is 95.0. The number of nitrogens with one attached hydrogen (secondary N) is 6. The Hall–Kier alpha value is -11.8. The summed E-state index contributed by atoms with van der Waals surface area (Å²) in [5.41, 5.74) is 9.83. The number of aryl methyl sites for hydroxylation is 4. The number of carbonyl (C=O) groups excluding carboxylic acids is 1. The Balaban J connectivity index is 0.000000128. The minimum absolute atomic E-state index is 0. The van der Waals surface area contributed by atoms with E-state index in [1.54, 1.807) is 117 Å². The van der Waals surface area contributed by atoms with Crippen LogP contribution < -0.4 is 34.0 Å². The summed E-state index contributed by atoms with van der Waals surface area (Å²) in [6, 6.07) is 30.3. The summed E-state index contributed by atoms with van der Waals surface area (Å²) in [4.78, 5) is 114. The van der Waals surface area contributed by atoms with E-state index >= 15 is 0 Å². The van der Waals surface area contributed by atoms with Crippen LogP contribution in [0.4, 0.5) is 8.78 Å². The molecule has 6 fully saturated rings. The average Bonchev–Trinajstić information content (AvgIpc) is 1.57. The molecule has 3 saturated carbocycles. The number of rotatable bonds is 15. The van der Waals surface area contributed by atoms with Crippen molar-refractivity contribution in [2.45, 2.75) is 161 Å². The molecule has 0 radical (unpaired) electrons. The van der Waals surface area contributed by atoms with Crippen molar-refractivity contribution in [2.24, 2.45) is 17.8 Å². The molecule has 8 aliphatic rings. The number of fused-ring (bicyclic) bond motifs is 5. The van der Waals surface area contributed by atoms with Crippen LogP contribution in [0.1, 0.15) is 195 Å². The zero-order valence-corrected chi connectivity index (χ0v) is 82.4. The second-order valence-electron chi connectivity index (χ2n) is 35.5. The minimum atomic E-state index is -1.03. The van der Waals surface area contributed by atoms with Crippen molar-refractivity contribution in [3.05, 3.63) is 287 Å². The number of carboxylic acids is 2. The van der Waals surface area contributed by atoms with Crippen LogP contribution in [0.2, 0.25) is 0 Å². The second kappa shape index (κ2) is 38.8. The Morgan fingerprint density at radius 3 is 1.28 bits per heavy atom. The standard InChI is InChI=1S/C37H37FN8O5.C20H21N3O5.C17H18FN5O.C15H12BrN3O4.C5H9O.ClH.HI.Zn/c1-20-14-26(15-21(2)31(20)38)46-32(44-11-9-39-35(44)48)27-19-43(10-6-28(27)41-46)33(47)30-17-25-16-24(23-7-12-50-13-8-23)4-5-29(25)45(30)37(18-22(37)3)34-40-36(49)51-42-34;1-11-10-20(11,18-21-19(26)28-22-18)23-15-3-2-13(12-4-6-27-7-5-12)8-14(15)9-16(23)17(24)25;1-10-7-12(8-11(2)15(10)18)23-16(22-6-5-20-17(22)24)13-9-19-4-3-14(13)21-23;1-7-6-15(7,13-17-14(22)23-18-13)19-10-3-2-9(16)4-8(10)5-11(19)12(20)21;1-2-4-6-5-3-1;;;/h4-5,9,11,14-17,22-23H,6-8,10,12-13,18-19H2,1-3H3,(H,39,48)(H,40,42,49);2-3,8-9,11-12H,4-7,10H2,1H3,(H,24,25)(H,21,22,26);5-8,19H,3-4,9H2,1-2H3,(H,20,24);2-5,7H,6H2,1H3,(H,20,21)(H,17,18,22);1H,2-5H2;2*1H;/q;;;;-1;;;+2/p-1/t22-,37-;11-,20-;;7-,15-;;;;/m00.0..../s1. The van der Waals surface area contributed by atoms with Gasteiger partial charge in [0, 0.05) is 145 Å². The summed E-state index contributed by atoms with van der Waals surface area (Å²) in [5.74, 6) is -1.22. The van der Waals surface area contributed by atoms with Crippen LogP contribution in [0.5, 0.6) is 0 Å². The third-order valence-electron chi connectivity index (χ3n) is 27.2. The molecule has 6 atom stereocenters. The van der Waals surface area contributed by atoms with Gasteiger partial charge in [-0.05, 0) is 221 Å². The fraction of sp³-hybridized carbons (Fsp3) is 0.383. The quantitative estimate of drug-likeness (QED) is 0.0268. The number of amides is 1. The molecule has 41 heteroatoms. The molecule has 15 heterocycles. The molecule has 3 saturated heterocycles. The zero-order chi connectivity index (χ0) is 94.1. The van der Waals surface area contributed by atoms with Crippen LogP contribution in [0.25, 0.3) is 55.7 Å². The maximum absolute atomic E-state index is 14.9. The molecule has 1 amide bonds. The van der Waals surface area contributed by atoms with Gasteiger partial charge in [0.25, 0.3) is 5.91 Å². The van der Waals surface area contributed by atoms with E-state index in [0.717, 1.165) is 157 Å². The number of ether oxygens (including phenoxy) is 3. The van der Waals surface area contributed by atoms with Crippen LogP contribution in [-0.2, 0) is 71.5 Å². The number of nitrogens with zero attached hydrogens (tertiary/aromatic N) is 13. The summed E-state index contributed by atoms with van der Waals surface area (Å²) in [6.45, 7) is 19.9. The zero-order valence-electron chi connectivity index (χ0n) is 74.9. The Morgan fingerprint density at radius 1 is 0.526 bits per heavy atom. The first-order chi connectivity index (χ1) is 64.6. The summed E-state index contributed by atoms with van der Waals surface area (Å²) in [7, 11) is 0. The van der Waals surface area contributed by atoms with Gasteiger partial charge in [0.1, 0.15) is 57.0 Å². The Morgan fingerprint density at radius 2 is 0.911 bits per heavy atom. The number of benzene rings is 5. The number of hydrogen-bond acceptors (Lipinski definition) is 20. The van der Waals surface area contributed by atoms with Gasteiger partial charge < -0.3 is 64.7 Å². The molecule has 10 aromatic heterocycles. The summed E-state index contributed by atoms with van der Waals surface area (Å²) < 4.78 is 72.0. The fourth-order valence-corrected chi connectivity index (χ4v) is 20.6. The van der Waals surface area contributed by atoms with E-state index in [0.29, 0.717) is 113 Å². The number of aromatic carboxylic acids is 2. The van der Waals surface area contributed by atoms with Crippen molar-refractivity contribution < 1.29 is 75.9 Å². The van der Waals surface area contributed by atoms with Gasteiger partial charge in [0.15, 0.2) is 17.5 Å². The number of aromatic amines is 5. The summed E-state index contributed by atoms with van der Waals surface area (Å²) in [6.07, 6.45) is 18.1. The van der Waals surface area contributed by atoms with Crippen molar-refractivity contribution in [1.82, 2.24) is 93.0 Å². The molecule has 0 spiro atoms. The monoisotopic (exact) mass is 2090 g/mol. The maximum atomic E-state index is 14.9. The first-order valence-corrected chi connectivity index (χ1v) is 54.4. The number of carbonyl (C=O) groups is 3. The van der Waals surface area contributed by atoms with E-state index in [1.165, 1.54) is 30.5 Å². The van der Waals surface area contributed by atoms with Gasteiger partial charge >= 0.3 is 75.1 Å². The van der Waals surface area contributed by atoms with Crippen LogP contribution in [-0.4, -0.2) is 168 Å². The first-order valence-electron chi connectivity index (χ1n) is 44.5. The molecule has 135 heavy (non-hydrogen) atoms. The Kier molecular flexibility index (Phi) is 27.3. The van der Waals surface area contributed by atoms with E-state index in [4.69, 9.17) is 33.5 Å². The molecular weight excluding hydrogens is 2000 g/mol. The molecular formula is C94H98BrClF2IN19O16Zn. The van der Waals surface area contributed by atoms with Crippen molar-refractivity contribution in [3.63, 3.8) is 0 Å². The molecule has 5 aliphatic heterocycles. The van der Waals surface area contributed by atoms with E-state index in [1.807, 2.05) is 48.7 Å². The Labute approximate surface area is 803 Å². The van der Waals surface area contributed by atoms with Crippen LogP contribution >= 0.6 is 48.1 Å². The van der Waals surface area contributed by atoms with Gasteiger partial charge in [0.05, 0.1) is 29.3 Å². The van der Waals surface area contributed by atoms with E-state index in [9.17, 15) is 57.4 Å². The molecule has 5 aromatic carbocycles. The van der Waals surface area contributed by atoms with E-state index in [-0.39, 0.29) is 77.0 Å². The number of hydrogen-bond donors (Lipinski definition) is 8. The number of halogens is 5. The number of imidazole rings is 2. The van der Waals surface area contributed by atoms with Crippen molar-refractivity contribution in [1.29, 1.82) is 0 Å². The molecule has 35 nitrogen and oxygen atoms in total. The molecule has 0 unspecified atom stereocenters. The van der Waals surface area contributed by atoms with Gasteiger partial charge in [0.2, 0.25) is 0 Å². The number of H-pyrrole nitrogens is 5. The van der Waals surface area contributed by atoms with Crippen LogP contribution in [0.3, 0.4) is 0 Å². The molecule has 702 valence electrons. The normalized spacial score (nSPS) is 20.6. The second-order valence-corrected chi connectivity index (χ2v) is 36.4. The third kappa shape index (κ3) is 17.8. The molecule has 0 bridgehead atoms. The number of aromatic nitrogens is 17. The molecule has 8 N–H and O–H groups in total. The Bertz CT molecular complexity index is 7290. The van der Waals surface area contributed by atoms with Crippen molar-refractivity contribution in [3.8, 4) is 23.0 Å². The van der Waals surface area contributed by atoms with Crippen molar-refractivity contribution in [2.75, 3.05) is 52.7 Å². The SMILES string of the molecule is C[C@H]1C[C@]1(c1noc(=O)[nH]1)n1c(C(=O)O)cc2cc(Br)ccc21.C[C@H]1C[C@]1(c1noc(=O)[nH]1)n1c(C(=O)O)cc2cc(C3CCOCC3)ccc21.Cc1cc(-n2nc3c(c2-n2cc[nH]c2=O)CN(C(=O)c2cc4cc(C5CCOCC5)ccc4n2[C@@]2(c4noc(=O)[nH]4)C[C@@H]2C)CC3)cc(C)c1F.Cc1cc(-n2nc3c(c2-n2cc[nH]c2=O)CNCC3)cc(C)c1F.Cl.[CH-]1CCOCC1.[Zn+][I]. The fourth-order valence-electron chi connectivity index (χ4n) is 20.2. The van der Waals surface area contributed by atoms with E-state index < -0.39 is 45.8 Å². The third-order valence-corrected chi connectivity index (χ3v) is 27.7. The van der Waals surface area contributed by atoms with Gasteiger partial charge in [-0.2, -0.15) is 23.0 Å². The molecule has 15 aromatic rings. The van der Waals surface area contributed by atoms with Crippen molar-refractivity contribution >= 4 is 98.6 Å². The van der Waals surface area contributed by atoms with Gasteiger partial charge in [-0.25, -0.2) is 51.7 Å². The summed E-state index contributed by atoms with van der Waals surface area (Å²) >= 11 is 7.02. The van der Waals surface area contributed by atoms with Gasteiger partial charge in [-0.15, -0.1) is 12.4 Å². The number of carboxylic acid groups (broad SMARTS) is 2. The topological polar surface area (TPSA) is 437 Å². The van der Waals surface area contributed by atoms with Gasteiger partial charge in [-0.3, -0.25) is 42.4 Å². The van der Waals surface area contributed by atoms with Gasteiger partial charge in [-0.1, -0.05) is 64.3 Å². The van der Waals surface area contributed by atoms with E-state index in [2.05, 4.69) is 130 Å². The predicted molar refractivity (Wildman–Crippen MR) is 502 cm³/mol. The molecule has 3 aliphatic carbocycles. The average molecular weight is 2100 g/mol. The summed E-state index contributed by atoms with van der Waals surface area (Å²) in [5, 5.41) is 46.9. The van der Waals surface area contributed by atoms with Crippen LogP contribution in [0, 0.1) is 63.5 Å². The van der Waals surface area contributed by atoms with Crippen LogP contribution in [0.15, 0.2) is 164 Å². The molecule has 23 rings (SSSR count). The predicted octanol–water partition coefficient (Wildman–Crippen LogP) is 13.9.